The highest BCUT2D eigenvalue weighted by atomic mass is 32.1. The monoisotopic (exact) mass is 325 g/mol. The van der Waals surface area contributed by atoms with Gasteiger partial charge in [0.1, 0.15) is 5.78 Å². The molecule has 0 spiro atoms. The van der Waals surface area contributed by atoms with Gasteiger partial charge in [-0.05, 0) is 25.1 Å². The molecule has 0 aromatic rings. The second-order valence-electron chi connectivity index (χ2n) is 5.04. The van der Waals surface area contributed by atoms with E-state index in [-0.39, 0.29) is 23.7 Å². The summed E-state index contributed by atoms with van der Waals surface area (Å²) in [7, 11) is 1.15. The Hall–Kier alpha value is -2.01. The Balaban J connectivity index is 3.49. The summed E-state index contributed by atoms with van der Waals surface area (Å²) < 4.78 is 4.79. The third-order valence-electron chi connectivity index (χ3n) is 3.77. The molecule has 0 saturated carbocycles. The zero-order valence-electron chi connectivity index (χ0n) is 12.8. The van der Waals surface area contributed by atoms with Crippen molar-refractivity contribution in [3.63, 3.8) is 0 Å². The molecule has 0 aromatic heterocycles. The van der Waals surface area contributed by atoms with E-state index in [0.717, 1.165) is 7.11 Å². The largest absolute Gasteiger partial charge is 0.467 e. The number of carbonyl (C=O) groups is 3. The average molecular weight is 325 g/mol. The Bertz CT molecular complexity index is 543. The lowest BCUT2D eigenvalue weighted by Gasteiger charge is -2.43. The Morgan fingerprint density at radius 3 is 2.59 bits per heavy atom. The Labute approximate surface area is 134 Å². The minimum Gasteiger partial charge on any atom is -0.467 e. The molecule has 3 atom stereocenters. The molecule has 1 rings (SSSR count). The lowest BCUT2D eigenvalue weighted by molar-refractivity contribution is -0.158. The number of hydrogen-bond donors (Lipinski definition) is 2. The van der Waals surface area contributed by atoms with E-state index < -0.39 is 29.3 Å². The Morgan fingerprint density at radius 1 is 1.50 bits per heavy atom. The van der Waals surface area contributed by atoms with Crippen LogP contribution in [0.2, 0.25) is 0 Å². The van der Waals surface area contributed by atoms with Crippen molar-refractivity contribution in [3.8, 4) is 6.07 Å². The lowest BCUT2D eigenvalue weighted by Crippen LogP contribution is -2.73. The van der Waals surface area contributed by atoms with Crippen LogP contribution in [-0.4, -0.2) is 35.4 Å². The van der Waals surface area contributed by atoms with Crippen LogP contribution < -0.4 is 10.6 Å². The summed E-state index contributed by atoms with van der Waals surface area (Å²) in [6.07, 6.45) is 1.11. The molecule has 0 aromatic carbocycles. The van der Waals surface area contributed by atoms with E-state index >= 15 is 0 Å². The second kappa shape index (κ2) is 7.31. The van der Waals surface area contributed by atoms with Gasteiger partial charge in [-0.15, -0.1) is 0 Å². The molecule has 2 N–H and O–H groups in total. The van der Waals surface area contributed by atoms with E-state index in [9.17, 15) is 19.6 Å². The molecule has 0 bridgehead atoms. The fraction of sp³-hybridized carbons (Fsp3) is 0.643. The summed E-state index contributed by atoms with van der Waals surface area (Å²) >= 11 is 4.95. The van der Waals surface area contributed by atoms with Crippen LogP contribution in [0.3, 0.4) is 0 Å². The highest BCUT2D eigenvalue weighted by molar-refractivity contribution is 7.80. The van der Waals surface area contributed by atoms with Crippen molar-refractivity contribution in [2.24, 2.45) is 11.8 Å². The number of Topliss-reactive ketones (excluding diaryl/α,β-unsaturated/α-hetero) is 1. The molecule has 1 heterocycles. The minimum atomic E-state index is -1.79. The predicted molar refractivity (Wildman–Crippen MR) is 81.4 cm³/mol. The van der Waals surface area contributed by atoms with Gasteiger partial charge in [0.15, 0.2) is 16.6 Å². The van der Waals surface area contributed by atoms with E-state index in [0.29, 0.717) is 6.42 Å². The highest BCUT2D eigenvalue weighted by Crippen LogP contribution is 2.34. The van der Waals surface area contributed by atoms with Crippen molar-refractivity contribution in [3.05, 3.63) is 0 Å². The lowest BCUT2D eigenvalue weighted by atomic mass is 9.69. The van der Waals surface area contributed by atoms with Gasteiger partial charge in [-0.25, -0.2) is 4.79 Å². The van der Waals surface area contributed by atoms with E-state index in [4.69, 9.17) is 17.0 Å². The molecule has 8 heteroatoms. The topological polar surface area (TPSA) is 108 Å². The van der Waals surface area contributed by atoms with Gasteiger partial charge >= 0.3 is 5.97 Å². The maximum absolute atomic E-state index is 12.4. The first-order chi connectivity index (χ1) is 10.4. The Morgan fingerprint density at radius 2 is 2.14 bits per heavy atom. The number of thiocarbonyl (C=S) groups is 1. The first-order valence-electron chi connectivity index (χ1n) is 7.02. The molecule has 120 valence electrons. The van der Waals surface area contributed by atoms with Gasteiger partial charge in [-0.3, -0.25) is 9.59 Å². The number of ether oxygens (including phenoxy) is 1. The van der Waals surface area contributed by atoms with Crippen molar-refractivity contribution < 1.29 is 19.1 Å². The number of nitrogens with zero attached hydrogens (tertiary/aromatic N) is 1. The van der Waals surface area contributed by atoms with Crippen LogP contribution in [0.4, 0.5) is 0 Å². The summed E-state index contributed by atoms with van der Waals surface area (Å²) in [5.41, 5.74) is -1.79. The molecule has 0 unspecified atom stereocenters. The van der Waals surface area contributed by atoms with E-state index in [1.54, 1.807) is 13.0 Å². The van der Waals surface area contributed by atoms with Crippen molar-refractivity contribution in [1.29, 1.82) is 5.26 Å². The van der Waals surface area contributed by atoms with Gasteiger partial charge in [-0.2, -0.15) is 5.26 Å². The van der Waals surface area contributed by atoms with Crippen LogP contribution in [0.25, 0.3) is 0 Å². The smallest absolute Gasteiger partial charge is 0.334 e. The number of nitrogens with one attached hydrogen (secondary N) is 2. The van der Waals surface area contributed by atoms with Crippen molar-refractivity contribution in [1.82, 2.24) is 10.6 Å². The highest BCUT2D eigenvalue weighted by Gasteiger charge is 2.60. The fourth-order valence-electron chi connectivity index (χ4n) is 2.84. The normalized spacial score (nSPS) is 25.5. The van der Waals surface area contributed by atoms with Gasteiger partial charge in [0.2, 0.25) is 5.91 Å². The van der Waals surface area contributed by atoms with Gasteiger partial charge in [0.25, 0.3) is 0 Å². The maximum Gasteiger partial charge on any atom is 0.334 e. The average Bonchev–Trinajstić information content (AvgIpc) is 2.46. The summed E-state index contributed by atoms with van der Waals surface area (Å²) in [6.45, 7) is 3.55. The number of amides is 1. The van der Waals surface area contributed by atoms with Gasteiger partial charge in [0, 0.05) is 6.42 Å². The zero-order chi connectivity index (χ0) is 16.9. The van der Waals surface area contributed by atoms with Crippen LogP contribution in [-0.2, 0) is 19.1 Å². The number of nitriles is 1. The summed E-state index contributed by atoms with van der Waals surface area (Å²) in [6, 6.07) is 1.80. The zero-order valence-corrected chi connectivity index (χ0v) is 13.6. The van der Waals surface area contributed by atoms with Crippen LogP contribution in [0.1, 0.15) is 33.1 Å². The van der Waals surface area contributed by atoms with Crippen LogP contribution in [0.15, 0.2) is 0 Å². The van der Waals surface area contributed by atoms with Gasteiger partial charge in [-0.1, -0.05) is 13.8 Å². The number of ketones is 1. The molecule has 1 aliphatic rings. The van der Waals surface area contributed by atoms with E-state index in [1.807, 2.05) is 6.92 Å². The molecule has 0 radical (unpaired) electrons. The molecule has 1 fully saturated rings. The summed E-state index contributed by atoms with van der Waals surface area (Å²) in [4.78, 5) is 37.0. The summed E-state index contributed by atoms with van der Waals surface area (Å²) in [5, 5.41) is 14.3. The molecule has 1 saturated heterocycles. The molecule has 1 aliphatic heterocycles. The predicted octanol–water partition coefficient (Wildman–Crippen LogP) is 0.438. The number of carbonyl (C=O) groups excluding carboxylic acids is 3. The van der Waals surface area contributed by atoms with Crippen LogP contribution in [0.5, 0.6) is 0 Å². The summed E-state index contributed by atoms with van der Waals surface area (Å²) in [5.74, 6) is -4.04. The molecule has 7 nitrogen and oxygen atoms in total. The number of esters is 1. The van der Waals surface area contributed by atoms with Crippen molar-refractivity contribution in [2.75, 3.05) is 7.11 Å². The van der Waals surface area contributed by atoms with Crippen molar-refractivity contribution >= 4 is 35.0 Å². The molecule has 0 aliphatic carbocycles. The van der Waals surface area contributed by atoms with Gasteiger partial charge in [0.05, 0.1) is 19.1 Å². The maximum atomic E-state index is 12.4. The van der Waals surface area contributed by atoms with Crippen LogP contribution in [0, 0.1) is 23.2 Å². The third kappa shape index (κ3) is 2.95. The number of rotatable bonds is 6. The quantitative estimate of drug-likeness (QED) is 0.539. The number of hydrogen-bond acceptors (Lipinski definition) is 6. The molecular weight excluding hydrogens is 306 g/mol. The molecule has 22 heavy (non-hydrogen) atoms. The second-order valence-corrected chi connectivity index (χ2v) is 5.45. The van der Waals surface area contributed by atoms with E-state index in [2.05, 4.69) is 10.6 Å². The number of methoxy groups -OCH3 is 1. The minimum absolute atomic E-state index is 0.0929. The Kier molecular flexibility index (Phi) is 6.00. The standard InChI is InChI=1S/C14H19N3O4S/c1-4-6-10(18)8(5-2)14(12(20)21-3)9(7-15)11(19)16-13(22)17-14/h8-9H,4-6H2,1-3H3,(H2,16,17,19,22)/t8-,9+,14-/m0/s1. The third-order valence-corrected chi connectivity index (χ3v) is 3.97. The van der Waals surface area contributed by atoms with E-state index in [1.165, 1.54) is 0 Å². The van der Waals surface area contributed by atoms with Crippen LogP contribution >= 0.6 is 12.2 Å². The molecule has 1 amide bonds. The SMILES string of the molecule is CCCC(=O)[C@H](CC)[C@]1(C(=O)OC)NC(=S)NC(=O)[C@H]1C#N. The first-order valence-corrected chi connectivity index (χ1v) is 7.43. The van der Waals surface area contributed by atoms with Crippen molar-refractivity contribution in [2.45, 2.75) is 38.6 Å². The molecular formula is C14H19N3O4S. The first kappa shape index (κ1) is 18.0. The fourth-order valence-corrected chi connectivity index (χ4v) is 3.10. The van der Waals surface area contributed by atoms with Gasteiger partial charge < -0.3 is 15.4 Å².